The Labute approximate surface area is 166 Å². The maximum absolute atomic E-state index is 13.2. The van der Waals surface area contributed by atoms with Gasteiger partial charge in [0.05, 0.1) is 16.8 Å². The largest absolute Gasteiger partial charge is 0.481 e. The van der Waals surface area contributed by atoms with E-state index in [2.05, 4.69) is 5.32 Å². The van der Waals surface area contributed by atoms with Crippen molar-refractivity contribution in [2.45, 2.75) is 6.92 Å². The lowest BCUT2D eigenvalue weighted by atomic mass is 9.82. The number of nitrogens with one attached hydrogen (secondary N) is 1. The summed E-state index contributed by atoms with van der Waals surface area (Å²) in [6.07, 6.45) is 0. The third-order valence-corrected chi connectivity index (χ3v) is 4.72. The van der Waals surface area contributed by atoms with E-state index in [0.29, 0.717) is 11.3 Å². The lowest BCUT2D eigenvalue weighted by Gasteiger charge is -2.23. The number of hydrogen-bond donors (Lipinski definition) is 2. The standard InChI is InChI=1S/C23H17NO5/c1-13-6-8-14(9-7-13)24-17-10-11-18(29-12-19(25)26)21-20(17)22(27)15-4-2-3-5-16(15)23(21)28/h2-11,24H,12H2,1H3,(H,25,26). The Morgan fingerprint density at radius 2 is 1.52 bits per heavy atom. The van der Waals surface area contributed by atoms with Crippen LogP contribution in [0.25, 0.3) is 0 Å². The second-order valence-electron chi connectivity index (χ2n) is 6.74. The van der Waals surface area contributed by atoms with Crippen LogP contribution in [-0.4, -0.2) is 29.2 Å². The number of ketones is 2. The summed E-state index contributed by atoms with van der Waals surface area (Å²) < 4.78 is 5.32. The minimum atomic E-state index is -1.17. The molecule has 0 saturated carbocycles. The number of benzene rings is 3. The molecule has 3 aromatic carbocycles. The highest BCUT2D eigenvalue weighted by Crippen LogP contribution is 2.38. The van der Waals surface area contributed by atoms with Gasteiger partial charge in [0.25, 0.3) is 0 Å². The molecule has 2 N–H and O–H groups in total. The van der Waals surface area contributed by atoms with Gasteiger partial charge in [-0.05, 0) is 31.2 Å². The Hall–Kier alpha value is -3.93. The van der Waals surface area contributed by atoms with Gasteiger partial charge in [-0.15, -0.1) is 0 Å². The zero-order chi connectivity index (χ0) is 20.5. The fourth-order valence-electron chi connectivity index (χ4n) is 3.35. The number of ether oxygens (including phenoxy) is 1. The number of rotatable bonds is 5. The van der Waals surface area contributed by atoms with Crippen LogP contribution in [0.4, 0.5) is 11.4 Å². The predicted octanol–water partition coefficient (Wildman–Crippen LogP) is 3.98. The number of anilines is 2. The van der Waals surface area contributed by atoms with E-state index in [9.17, 15) is 14.4 Å². The summed E-state index contributed by atoms with van der Waals surface area (Å²) in [7, 11) is 0. The summed E-state index contributed by atoms with van der Waals surface area (Å²) in [5.74, 6) is -1.78. The summed E-state index contributed by atoms with van der Waals surface area (Å²) in [6.45, 7) is 1.36. The Morgan fingerprint density at radius 1 is 0.897 bits per heavy atom. The van der Waals surface area contributed by atoms with E-state index in [-0.39, 0.29) is 34.0 Å². The number of carboxylic acids is 1. The molecule has 29 heavy (non-hydrogen) atoms. The second-order valence-corrected chi connectivity index (χ2v) is 6.74. The lowest BCUT2D eigenvalue weighted by molar-refractivity contribution is -0.139. The van der Waals surface area contributed by atoms with Crippen LogP contribution in [0, 0.1) is 6.92 Å². The van der Waals surface area contributed by atoms with Crippen LogP contribution >= 0.6 is 0 Å². The van der Waals surface area contributed by atoms with Gasteiger partial charge in [-0.25, -0.2) is 4.79 Å². The molecule has 6 nitrogen and oxygen atoms in total. The average molecular weight is 387 g/mol. The molecule has 0 heterocycles. The molecule has 0 amide bonds. The molecule has 6 heteroatoms. The normalized spacial score (nSPS) is 12.2. The van der Waals surface area contributed by atoms with E-state index in [1.54, 1.807) is 30.3 Å². The van der Waals surface area contributed by atoms with Crippen molar-refractivity contribution >= 4 is 28.9 Å². The average Bonchev–Trinajstić information content (AvgIpc) is 2.72. The van der Waals surface area contributed by atoms with Crippen molar-refractivity contribution in [3.63, 3.8) is 0 Å². The molecule has 1 aliphatic rings. The van der Waals surface area contributed by atoms with Crippen LogP contribution in [0.3, 0.4) is 0 Å². The Kier molecular flexibility index (Phi) is 4.60. The minimum Gasteiger partial charge on any atom is -0.481 e. The van der Waals surface area contributed by atoms with E-state index < -0.39 is 12.6 Å². The van der Waals surface area contributed by atoms with Gasteiger partial charge in [0.1, 0.15) is 5.75 Å². The van der Waals surface area contributed by atoms with Gasteiger partial charge in [-0.2, -0.15) is 0 Å². The molecule has 0 aliphatic heterocycles. The van der Waals surface area contributed by atoms with Crippen molar-refractivity contribution < 1.29 is 24.2 Å². The first-order chi connectivity index (χ1) is 14.0. The molecule has 4 rings (SSSR count). The first kappa shape index (κ1) is 18.4. The SMILES string of the molecule is Cc1ccc(Nc2ccc(OCC(=O)O)c3c2C(=O)c2ccccc2C3=O)cc1. The van der Waals surface area contributed by atoms with Gasteiger partial charge < -0.3 is 15.2 Å². The first-order valence-electron chi connectivity index (χ1n) is 8.99. The number of aryl methyl sites for hydroxylation is 1. The van der Waals surface area contributed by atoms with Gasteiger partial charge in [-0.3, -0.25) is 9.59 Å². The molecule has 1 aliphatic carbocycles. The van der Waals surface area contributed by atoms with Crippen molar-refractivity contribution in [3.05, 3.63) is 88.5 Å². The molecule has 3 aromatic rings. The fraction of sp³-hybridized carbons (Fsp3) is 0.0870. The van der Waals surface area contributed by atoms with Crippen LogP contribution in [0.5, 0.6) is 5.75 Å². The third kappa shape index (κ3) is 3.36. The first-order valence-corrected chi connectivity index (χ1v) is 8.99. The molecule has 0 radical (unpaired) electrons. The third-order valence-electron chi connectivity index (χ3n) is 4.72. The maximum atomic E-state index is 13.2. The molecule has 0 aromatic heterocycles. The molecule has 0 bridgehead atoms. The van der Waals surface area contributed by atoms with Crippen LogP contribution in [0.1, 0.15) is 37.4 Å². The van der Waals surface area contributed by atoms with Gasteiger partial charge in [-0.1, -0.05) is 42.0 Å². The maximum Gasteiger partial charge on any atom is 0.341 e. The Bertz CT molecular complexity index is 1150. The summed E-state index contributed by atoms with van der Waals surface area (Å²) in [5.41, 5.74) is 3.15. The smallest absolute Gasteiger partial charge is 0.341 e. The van der Waals surface area contributed by atoms with Crippen molar-refractivity contribution in [3.8, 4) is 5.75 Å². The topological polar surface area (TPSA) is 92.7 Å². The van der Waals surface area contributed by atoms with Gasteiger partial charge in [0, 0.05) is 16.8 Å². The van der Waals surface area contributed by atoms with Crippen LogP contribution in [0.2, 0.25) is 0 Å². The summed E-state index contributed by atoms with van der Waals surface area (Å²) >= 11 is 0. The van der Waals surface area contributed by atoms with Gasteiger partial charge >= 0.3 is 5.97 Å². The highest BCUT2D eigenvalue weighted by atomic mass is 16.5. The Morgan fingerprint density at radius 3 is 2.14 bits per heavy atom. The molecule has 0 fully saturated rings. The van der Waals surface area contributed by atoms with Crippen molar-refractivity contribution in [1.82, 2.24) is 0 Å². The molecule has 0 spiro atoms. The van der Waals surface area contributed by atoms with Crippen LogP contribution in [-0.2, 0) is 4.79 Å². The van der Waals surface area contributed by atoms with Crippen molar-refractivity contribution in [2.24, 2.45) is 0 Å². The second kappa shape index (κ2) is 7.24. The number of carboxylic acid groups (broad SMARTS) is 1. The molecular formula is C23H17NO5. The molecule has 0 saturated heterocycles. The number of aliphatic carboxylic acids is 1. The molecule has 0 unspecified atom stereocenters. The zero-order valence-corrected chi connectivity index (χ0v) is 15.6. The number of carbonyl (C=O) groups is 3. The quantitative estimate of drug-likeness (QED) is 0.538. The van der Waals surface area contributed by atoms with E-state index in [1.165, 1.54) is 6.07 Å². The zero-order valence-electron chi connectivity index (χ0n) is 15.6. The van der Waals surface area contributed by atoms with Crippen LogP contribution < -0.4 is 10.1 Å². The van der Waals surface area contributed by atoms with E-state index >= 15 is 0 Å². The molecular weight excluding hydrogens is 370 g/mol. The predicted molar refractivity (Wildman–Crippen MR) is 107 cm³/mol. The number of carbonyl (C=O) groups excluding carboxylic acids is 2. The fourth-order valence-corrected chi connectivity index (χ4v) is 3.35. The van der Waals surface area contributed by atoms with Crippen LogP contribution in [0.15, 0.2) is 60.7 Å². The van der Waals surface area contributed by atoms with Crippen molar-refractivity contribution in [2.75, 3.05) is 11.9 Å². The number of hydrogen-bond acceptors (Lipinski definition) is 5. The van der Waals surface area contributed by atoms with E-state index in [4.69, 9.17) is 9.84 Å². The van der Waals surface area contributed by atoms with Gasteiger partial charge in [0.15, 0.2) is 18.2 Å². The lowest BCUT2D eigenvalue weighted by Crippen LogP contribution is -2.24. The molecule has 144 valence electrons. The highest BCUT2D eigenvalue weighted by molar-refractivity contribution is 6.31. The van der Waals surface area contributed by atoms with Gasteiger partial charge in [0.2, 0.25) is 0 Å². The summed E-state index contributed by atoms with van der Waals surface area (Å²) in [4.78, 5) is 37.3. The highest BCUT2D eigenvalue weighted by Gasteiger charge is 2.34. The monoisotopic (exact) mass is 387 g/mol. The summed E-state index contributed by atoms with van der Waals surface area (Å²) in [5, 5.41) is 12.1. The molecule has 0 atom stereocenters. The number of fused-ring (bicyclic) bond motifs is 2. The minimum absolute atomic E-state index is 0.0738. The van der Waals surface area contributed by atoms with E-state index in [0.717, 1.165) is 11.3 Å². The Balaban J connectivity index is 1.86. The van der Waals surface area contributed by atoms with E-state index in [1.807, 2.05) is 31.2 Å². The summed E-state index contributed by atoms with van der Waals surface area (Å²) in [6, 6.07) is 17.3. The van der Waals surface area contributed by atoms with Crippen molar-refractivity contribution in [1.29, 1.82) is 0 Å².